The van der Waals surface area contributed by atoms with Crippen LogP contribution in [-0.4, -0.2) is 47.2 Å². The van der Waals surface area contributed by atoms with Gasteiger partial charge in [-0.25, -0.2) is 0 Å². The Morgan fingerprint density at radius 3 is 2.47 bits per heavy atom. The summed E-state index contributed by atoms with van der Waals surface area (Å²) in [6.45, 7) is 1.93. The molecule has 0 aromatic rings. The van der Waals surface area contributed by atoms with Gasteiger partial charge in [0.1, 0.15) is 6.04 Å². The predicted octanol–water partition coefficient (Wildman–Crippen LogP) is 1.45. The quantitative estimate of drug-likeness (QED) is 0.781. The molecule has 2 fully saturated rings. The van der Waals surface area contributed by atoms with E-state index in [2.05, 4.69) is 17.3 Å². The number of carboxylic acids is 1. The molecule has 3 atom stereocenters. The van der Waals surface area contributed by atoms with Crippen LogP contribution in [-0.2, 0) is 4.79 Å². The van der Waals surface area contributed by atoms with Crippen molar-refractivity contribution >= 4 is 5.97 Å². The number of nitrogens with zero attached hydrogens (tertiary/aromatic N) is 1. The highest BCUT2D eigenvalue weighted by Crippen LogP contribution is 2.32. The van der Waals surface area contributed by atoms with Gasteiger partial charge in [-0.3, -0.25) is 4.79 Å². The zero-order valence-electron chi connectivity index (χ0n) is 10.9. The fourth-order valence-electron chi connectivity index (χ4n) is 3.40. The Bertz CT molecular complexity index is 269. The van der Waals surface area contributed by atoms with Crippen LogP contribution in [0.3, 0.4) is 0 Å². The molecule has 0 aromatic carbocycles. The molecule has 98 valence electrons. The van der Waals surface area contributed by atoms with Gasteiger partial charge >= 0.3 is 5.97 Å². The molecule has 2 bridgehead atoms. The summed E-state index contributed by atoms with van der Waals surface area (Å²) in [6, 6.07) is 1.34. The number of hydrogen-bond donors (Lipinski definition) is 2. The van der Waals surface area contributed by atoms with Crippen LogP contribution in [0.25, 0.3) is 0 Å². The second kappa shape index (κ2) is 5.36. The standard InChI is InChI=1S/C13H24N2O2/c1-3-12(13(16)17)14-9-7-10-5-4-6-11(8-9)15(10)2/h9-12,14H,3-8H2,1-2H3,(H,16,17). The van der Waals surface area contributed by atoms with Crippen molar-refractivity contribution in [3.63, 3.8) is 0 Å². The Balaban J connectivity index is 1.93. The molecule has 0 aromatic heterocycles. The van der Waals surface area contributed by atoms with E-state index in [9.17, 15) is 4.79 Å². The third-order valence-electron chi connectivity index (χ3n) is 4.48. The van der Waals surface area contributed by atoms with Crippen LogP contribution in [0, 0.1) is 0 Å². The van der Waals surface area contributed by atoms with Gasteiger partial charge in [0.25, 0.3) is 0 Å². The zero-order chi connectivity index (χ0) is 12.4. The van der Waals surface area contributed by atoms with E-state index >= 15 is 0 Å². The lowest BCUT2D eigenvalue weighted by Crippen LogP contribution is -2.56. The van der Waals surface area contributed by atoms with Gasteiger partial charge in [0.2, 0.25) is 0 Å². The number of hydrogen-bond acceptors (Lipinski definition) is 3. The minimum atomic E-state index is -0.711. The lowest BCUT2D eigenvalue weighted by Gasteiger charge is -2.47. The van der Waals surface area contributed by atoms with E-state index in [4.69, 9.17) is 5.11 Å². The molecule has 0 saturated carbocycles. The van der Waals surface area contributed by atoms with Crippen LogP contribution >= 0.6 is 0 Å². The molecule has 2 rings (SSSR count). The number of fused-ring (bicyclic) bond motifs is 2. The number of carboxylic acid groups (broad SMARTS) is 1. The molecule has 2 aliphatic heterocycles. The molecule has 3 unspecified atom stereocenters. The minimum Gasteiger partial charge on any atom is -0.480 e. The van der Waals surface area contributed by atoms with Crippen molar-refractivity contribution in [3.05, 3.63) is 0 Å². The number of aliphatic carboxylic acids is 1. The lowest BCUT2D eigenvalue weighted by atomic mass is 9.82. The van der Waals surface area contributed by atoms with Crippen molar-refractivity contribution in [2.45, 2.75) is 69.6 Å². The van der Waals surface area contributed by atoms with Crippen molar-refractivity contribution in [1.82, 2.24) is 10.2 Å². The summed E-state index contributed by atoms with van der Waals surface area (Å²) in [5, 5.41) is 12.4. The topological polar surface area (TPSA) is 52.6 Å². The van der Waals surface area contributed by atoms with E-state index in [0.717, 1.165) is 12.8 Å². The number of rotatable bonds is 4. The summed E-state index contributed by atoms with van der Waals surface area (Å²) in [6.07, 6.45) is 6.76. The fourth-order valence-corrected chi connectivity index (χ4v) is 3.40. The molecular formula is C13H24N2O2. The number of carbonyl (C=O) groups is 1. The summed E-state index contributed by atoms with van der Waals surface area (Å²) >= 11 is 0. The van der Waals surface area contributed by atoms with E-state index in [1.54, 1.807) is 0 Å². The van der Waals surface area contributed by atoms with E-state index in [1.165, 1.54) is 19.3 Å². The highest BCUT2D eigenvalue weighted by molar-refractivity contribution is 5.73. The highest BCUT2D eigenvalue weighted by Gasteiger charge is 2.36. The Hall–Kier alpha value is -0.610. The van der Waals surface area contributed by atoms with E-state index in [-0.39, 0.29) is 6.04 Å². The molecule has 0 spiro atoms. The van der Waals surface area contributed by atoms with Gasteiger partial charge in [-0.2, -0.15) is 0 Å². The Labute approximate surface area is 103 Å². The minimum absolute atomic E-state index is 0.371. The first-order chi connectivity index (χ1) is 8.11. The van der Waals surface area contributed by atoms with Gasteiger partial charge in [0.05, 0.1) is 0 Å². The molecule has 4 heteroatoms. The summed E-state index contributed by atoms with van der Waals surface area (Å²) in [5.74, 6) is -0.711. The van der Waals surface area contributed by atoms with Crippen molar-refractivity contribution < 1.29 is 9.90 Å². The molecule has 4 nitrogen and oxygen atoms in total. The molecule has 0 radical (unpaired) electrons. The average Bonchev–Trinajstić information content (AvgIpc) is 2.26. The zero-order valence-corrected chi connectivity index (χ0v) is 10.9. The first-order valence-electron chi connectivity index (χ1n) is 6.82. The van der Waals surface area contributed by atoms with E-state index < -0.39 is 5.97 Å². The van der Waals surface area contributed by atoms with Crippen LogP contribution in [0.2, 0.25) is 0 Å². The molecule has 17 heavy (non-hydrogen) atoms. The largest absolute Gasteiger partial charge is 0.480 e. The Kier molecular flexibility index (Phi) is 4.05. The second-order valence-corrected chi connectivity index (χ2v) is 5.54. The summed E-state index contributed by atoms with van der Waals surface area (Å²) in [5.41, 5.74) is 0. The van der Waals surface area contributed by atoms with Crippen LogP contribution < -0.4 is 5.32 Å². The normalized spacial score (nSPS) is 35.5. The Morgan fingerprint density at radius 2 is 2.00 bits per heavy atom. The SMILES string of the molecule is CCC(NC1CC2CCCC(C1)N2C)C(=O)O. The highest BCUT2D eigenvalue weighted by atomic mass is 16.4. The van der Waals surface area contributed by atoms with Crippen LogP contribution in [0.4, 0.5) is 0 Å². The van der Waals surface area contributed by atoms with Crippen LogP contribution in [0.15, 0.2) is 0 Å². The maximum Gasteiger partial charge on any atom is 0.320 e. The van der Waals surface area contributed by atoms with Crippen LogP contribution in [0.1, 0.15) is 45.4 Å². The number of nitrogens with one attached hydrogen (secondary N) is 1. The average molecular weight is 240 g/mol. The molecule has 2 heterocycles. The molecule has 0 aliphatic carbocycles. The smallest absolute Gasteiger partial charge is 0.320 e. The predicted molar refractivity (Wildman–Crippen MR) is 67.1 cm³/mol. The van der Waals surface area contributed by atoms with Crippen molar-refractivity contribution in [1.29, 1.82) is 0 Å². The molecule has 2 aliphatic rings. The van der Waals surface area contributed by atoms with Gasteiger partial charge in [-0.05, 0) is 39.2 Å². The van der Waals surface area contributed by atoms with Gasteiger partial charge in [0, 0.05) is 18.1 Å². The summed E-state index contributed by atoms with van der Waals surface area (Å²) in [7, 11) is 2.22. The van der Waals surface area contributed by atoms with Crippen LogP contribution in [0.5, 0.6) is 0 Å². The van der Waals surface area contributed by atoms with Gasteiger partial charge in [-0.1, -0.05) is 13.3 Å². The number of piperidine rings is 2. The fraction of sp³-hybridized carbons (Fsp3) is 0.923. The first kappa shape index (κ1) is 12.8. The maximum atomic E-state index is 11.0. The Morgan fingerprint density at radius 1 is 1.41 bits per heavy atom. The molecule has 2 saturated heterocycles. The van der Waals surface area contributed by atoms with Crippen molar-refractivity contribution in [3.8, 4) is 0 Å². The molecular weight excluding hydrogens is 216 g/mol. The van der Waals surface area contributed by atoms with Crippen molar-refractivity contribution in [2.24, 2.45) is 0 Å². The summed E-state index contributed by atoms with van der Waals surface area (Å²) in [4.78, 5) is 13.5. The molecule has 0 amide bonds. The summed E-state index contributed by atoms with van der Waals surface area (Å²) < 4.78 is 0. The van der Waals surface area contributed by atoms with Gasteiger partial charge in [0.15, 0.2) is 0 Å². The first-order valence-corrected chi connectivity index (χ1v) is 6.82. The lowest BCUT2D eigenvalue weighted by molar-refractivity contribution is -0.140. The third-order valence-corrected chi connectivity index (χ3v) is 4.48. The van der Waals surface area contributed by atoms with E-state index in [1.807, 2.05) is 6.92 Å². The second-order valence-electron chi connectivity index (χ2n) is 5.54. The maximum absolute atomic E-state index is 11.0. The van der Waals surface area contributed by atoms with Gasteiger partial charge in [-0.15, -0.1) is 0 Å². The van der Waals surface area contributed by atoms with E-state index in [0.29, 0.717) is 24.5 Å². The van der Waals surface area contributed by atoms with Crippen molar-refractivity contribution in [2.75, 3.05) is 7.05 Å². The van der Waals surface area contributed by atoms with Gasteiger partial charge < -0.3 is 15.3 Å². The molecule has 2 N–H and O–H groups in total. The monoisotopic (exact) mass is 240 g/mol. The third kappa shape index (κ3) is 2.80.